The minimum Gasteiger partial charge on any atom is -0.753 e. The van der Waals surface area contributed by atoms with E-state index in [9.17, 15) is 0 Å². The number of rotatable bonds is 6. The van der Waals surface area contributed by atoms with Gasteiger partial charge in [-0.3, -0.25) is 0 Å². The van der Waals surface area contributed by atoms with Gasteiger partial charge in [0, 0.05) is 36.3 Å². The molecule has 0 radical (unpaired) electrons. The molecule has 6 nitrogen and oxygen atoms in total. The van der Waals surface area contributed by atoms with Crippen molar-refractivity contribution in [2.45, 2.75) is 78.6 Å². The van der Waals surface area contributed by atoms with E-state index in [-0.39, 0.29) is 38.4 Å². The molecule has 0 aliphatic heterocycles. The smallest absolute Gasteiger partial charge is 0.753 e. The van der Waals surface area contributed by atoms with Crippen LogP contribution in [0.4, 0.5) is 0 Å². The number of thiocarbonyl (C=S) groups is 2. The Morgan fingerprint density at radius 3 is 1.00 bits per heavy atom. The molecule has 0 aromatic heterocycles. The van der Waals surface area contributed by atoms with Gasteiger partial charge in [0.15, 0.2) is 0 Å². The van der Waals surface area contributed by atoms with Crippen molar-refractivity contribution in [1.29, 1.82) is 0 Å². The van der Waals surface area contributed by atoms with Gasteiger partial charge in [0.1, 0.15) is 0 Å². The van der Waals surface area contributed by atoms with Crippen LogP contribution >= 0.6 is 24.4 Å². The van der Waals surface area contributed by atoms with Crippen molar-refractivity contribution in [3.8, 4) is 0 Å². The minimum absolute atomic E-state index is 0. The van der Waals surface area contributed by atoms with Gasteiger partial charge in [0.2, 0.25) is 0 Å². The first-order valence-electron chi connectivity index (χ1n) is 7.73. The van der Waals surface area contributed by atoms with E-state index in [1.807, 2.05) is 27.7 Å². The number of nitrogens with zero attached hydrogens (tertiary/aromatic N) is 2. The third-order valence-electron chi connectivity index (χ3n) is 1.93. The molecular formula is C16H36CdN6S2. The van der Waals surface area contributed by atoms with Crippen molar-refractivity contribution in [1.82, 2.24) is 10.6 Å². The Bertz CT molecular complexity index is 304. The van der Waals surface area contributed by atoms with Crippen molar-refractivity contribution in [3.63, 3.8) is 0 Å². The zero-order valence-corrected chi connectivity index (χ0v) is 22.8. The molecule has 0 aliphatic carbocycles. The summed E-state index contributed by atoms with van der Waals surface area (Å²) in [6, 6.07) is 1.07. The second-order valence-corrected chi connectivity index (χ2v) is 7.60. The summed E-state index contributed by atoms with van der Waals surface area (Å²) in [7, 11) is 0. The predicted octanol–water partition coefficient (Wildman–Crippen LogP) is 2.76. The van der Waals surface area contributed by atoms with Crippen LogP contribution < -0.4 is 22.1 Å². The van der Waals surface area contributed by atoms with Crippen LogP contribution in [0.2, 0.25) is 0 Å². The molecule has 0 aromatic carbocycles. The first-order chi connectivity index (χ1) is 10.7. The summed E-state index contributed by atoms with van der Waals surface area (Å²) in [6.07, 6.45) is 0. The maximum atomic E-state index is 7.13. The van der Waals surface area contributed by atoms with Gasteiger partial charge in [0.05, 0.1) is 0 Å². The molecule has 0 saturated heterocycles. The van der Waals surface area contributed by atoms with E-state index in [2.05, 4.69) is 62.8 Å². The van der Waals surface area contributed by atoms with Crippen LogP contribution in [0.15, 0.2) is 0 Å². The molecule has 0 spiro atoms. The summed E-state index contributed by atoms with van der Waals surface area (Å²) in [6.45, 7) is 18.3. The van der Waals surface area contributed by atoms with Crippen molar-refractivity contribution >= 4 is 34.8 Å². The number of nitrogens with two attached hydrogens (primary N) is 2. The van der Waals surface area contributed by atoms with E-state index in [1.54, 1.807) is 0 Å². The Kier molecular flexibility index (Phi) is 32.5. The first kappa shape index (κ1) is 36.3. The molecule has 0 heterocycles. The molecule has 0 fully saturated rings. The molecule has 0 bridgehead atoms. The molecule has 25 heavy (non-hydrogen) atoms. The van der Waals surface area contributed by atoms with Gasteiger partial charge in [-0.25, -0.2) is 0 Å². The van der Waals surface area contributed by atoms with E-state index < -0.39 is 0 Å². The summed E-state index contributed by atoms with van der Waals surface area (Å²) < 4.78 is 0. The fourth-order valence-electron chi connectivity index (χ4n) is 0.934. The van der Waals surface area contributed by atoms with Crippen LogP contribution in [0, 0.1) is 0 Å². The fraction of sp³-hybridized carbons (Fsp3) is 0.875. The normalized spacial score (nSPS) is 9.76. The topological polar surface area (TPSA) is 121 Å². The Labute approximate surface area is 185 Å². The molecular weight excluding hydrogens is 453 g/mol. The summed E-state index contributed by atoms with van der Waals surface area (Å²) in [5.74, 6) is 0. The SMILES string of the molecule is CC(C)NCC(C)(C)N.CC(C)NCC(C)(C)N.[Cd+2].[N-]=C=S.[N-]=C=S. The van der Waals surface area contributed by atoms with E-state index in [0.29, 0.717) is 12.1 Å². The average Bonchev–Trinajstić information content (AvgIpc) is 2.35. The van der Waals surface area contributed by atoms with Crippen LogP contribution in [-0.2, 0) is 27.3 Å². The van der Waals surface area contributed by atoms with Crippen LogP contribution in [-0.4, -0.2) is 46.6 Å². The maximum Gasteiger partial charge on any atom is 2.00 e. The molecule has 0 atom stereocenters. The second kappa shape index (κ2) is 22.4. The average molecular weight is 489 g/mol. The van der Waals surface area contributed by atoms with E-state index in [1.165, 1.54) is 10.3 Å². The van der Waals surface area contributed by atoms with Gasteiger partial charge in [0.25, 0.3) is 0 Å². The minimum atomic E-state index is -0.0791. The summed E-state index contributed by atoms with van der Waals surface area (Å²) in [4.78, 5) is 0. The number of hydrogen-bond acceptors (Lipinski definition) is 6. The fourth-order valence-corrected chi connectivity index (χ4v) is 0.934. The molecule has 0 unspecified atom stereocenters. The number of hydrogen-bond donors (Lipinski definition) is 4. The standard InChI is InChI=1S/2C7H18N2.2CNS.Cd/c2*1-6(2)9-5-7(3,4)8;2*2-1-3;/h2*6,9H,5,8H2,1-4H3;;;/q;;2*-1;+2. The third kappa shape index (κ3) is 79.7. The van der Waals surface area contributed by atoms with Crippen LogP contribution in [0.3, 0.4) is 0 Å². The molecule has 0 saturated carbocycles. The monoisotopic (exact) mass is 490 g/mol. The van der Waals surface area contributed by atoms with Crippen LogP contribution in [0.1, 0.15) is 55.4 Å². The van der Waals surface area contributed by atoms with Gasteiger partial charge < -0.3 is 32.9 Å². The van der Waals surface area contributed by atoms with Gasteiger partial charge >= 0.3 is 27.3 Å². The Morgan fingerprint density at radius 2 is 0.960 bits per heavy atom. The van der Waals surface area contributed by atoms with Crippen molar-refractivity contribution < 1.29 is 27.3 Å². The summed E-state index contributed by atoms with van der Waals surface area (Å²) in [5, 5.41) is 23.5. The van der Waals surface area contributed by atoms with Crippen LogP contribution in [0.25, 0.3) is 10.8 Å². The predicted molar refractivity (Wildman–Crippen MR) is 115 cm³/mol. The van der Waals surface area contributed by atoms with Crippen LogP contribution in [0.5, 0.6) is 0 Å². The maximum absolute atomic E-state index is 7.13. The second-order valence-electron chi connectivity index (χ2n) is 7.23. The summed E-state index contributed by atoms with van der Waals surface area (Å²) in [5.41, 5.74) is 11.3. The van der Waals surface area contributed by atoms with Crippen molar-refractivity contribution in [2.24, 2.45) is 11.5 Å². The van der Waals surface area contributed by atoms with Crippen molar-refractivity contribution in [2.75, 3.05) is 13.1 Å². The number of nitrogens with one attached hydrogen (secondary N) is 2. The summed E-state index contributed by atoms with van der Waals surface area (Å²) >= 11 is 7.40. The Hall–Kier alpha value is 0.362. The molecule has 144 valence electrons. The van der Waals surface area contributed by atoms with E-state index in [4.69, 9.17) is 22.3 Å². The molecule has 0 amide bonds. The van der Waals surface area contributed by atoms with E-state index >= 15 is 0 Å². The molecule has 0 aromatic rings. The Balaban J connectivity index is -0.0000000788. The largest absolute Gasteiger partial charge is 2.00 e. The Morgan fingerprint density at radius 1 is 0.800 bits per heavy atom. The zero-order chi connectivity index (χ0) is 20.4. The van der Waals surface area contributed by atoms with Gasteiger partial charge in [-0.05, 0) is 27.7 Å². The first-order valence-corrected chi connectivity index (χ1v) is 8.55. The van der Waals surface area contributed by atoms with Crippen molar-refractivity contribution in [3.05, 3.63) is 10.8 Å². The van der Waals surface area contributed by atoms with Gasteiger partial charge in [-0.1, -0.05) is 52.1 Å². The van der Waals surface area contributed by atoms with E-state index in [0.717, 1.165) is 13.1 Å². The van der Waals surface area contributed by atoms with Gasteiger partial charge in [-0.15, -0.1) is 0 Å². The molecule has 0 aliphatic rings. The molecule has 6 N–H and O–H groups in total. The zero-order valence-electron chi connectivity index (χ0n) is 17.1. The number of isothiocyanates is 2. The quantitative estimate of drug-likeness (QED) is 0.259. The van der Waals surface area contributed by atoms with Gasteiger partial charge in [-0.2, -0.15) is 10.3 Å². The molecule has 9 heteroatoms. The molecule has 0 rings (SSSR count). The third-order valence-corrected chi connectivity index (χ3v) is 1.93.